The van der Waals surface area contributed by atoms with Crippen LogP contribution in [0.2, 0.25) is 0 Å². The van der Waals surface area contributed by atoms with E-state index in [1.54, 1.807) is 0 Å². The number of nitrogens with two attached hydrogens (primary N) is 1. The molecule has 10 atom stereocenters. The molecule has 4 aromatic rings. The monoisotopic (exact) mass is 679 g/mol. The number of nitrogen functional groups attached to an aromatic ring is 1. The van der Waals surface area contributed by atoms with Crippen LogP contribution in [0.25, 0.3) is 22.3 Å². The van der Waals surface area contributed by atoms with E-state index >= 15 is 4.39 Å². The van der Waals surface area contributed by atoms with Crippen molar-refractivity contribution in [3.63, 3.8) is 0 Å². The fourth-order valence-corrected chi connectivity index (χ4v) is 7.52. The van der Waals surface area contributed by atoms with Gasteiger partial charge in [-0.2, -0.15) is 4.98 Å². The minimum Gasteiger partial charge on any atom is -0.386 e. The molecule has 240 valence electrons. The number of hydrogen-bond acceptors (Lipinski definition) is 16. The quantitative estimate of drug-likeness (QED) is 0.146. The van der Waals surface area contributed by atoms with Crippen molar-refractivity contribution in [1.29, 1.82) is 0 Å². The molecule has 0 amide bonds. The summed E-state index contributed by atoms with van der Waals surface area (Å²) in [4.78, 5) is 45.4. The summed E-state index contributed by atoms with van der Waals surface area (Å²) >= 11 is 0. The summed E-state index contributed by atoms with van der Waals surface area (Å²) in [5.41, 5.74) is 4.07. The number of aliphatic hydroxyl groups is 1. The number of aromatic nitrogens is 8. The number of H-pyrrole nitrogens is 2. The molecule has 5 N–H and O–H groups in total. The van der Waals surface area contributed by atoms with Crippen molar-refractivity contribution in [2.75, 3.05) is 18.9 Å². The maximum Gasteiger partial charge on any atom is 0.280 e. The van der Waals surface area contributed by atoms with Crippen molar-refractivity contribution in [2.45, 2.75) is 56.1 Å². The highest BCUT2D eigenvalue weighted by atomic mass is 31.2. The normalized spacial score (nSPS) is 37.1. The van der Waals surface area contributed by atoms with Crippen LogP contribution in [0.5, 0.6) is 0 Å². The number of imidazole rings is 2. The highest BCUT2D eigenvalue weighted by Crippen LogP contribution is 2.53. The van der Waals surface area contributed by atoms with Crippen LogP contribution in [0.1, 0.15) is 18.3 Å². The third-order valence-electron chi connectivity index (χ3n) is 7.50. The van der Waals surface area contributed by atoms with Crippen molar-refractivity contribution in [3.8, 4) is 0 Å². The minimum absolute atomic E-state index is 0.0465. The molecule has 20 nitrogen and oxygen atoms in total. The van der Waals surface area contributed by atoms with Gasteiger partial charge in [-0.25, -0.2) is 19.3 Å². The number of ether oxygens (including phenoxy) is 2. The van der Waals surface area contributed by atoms with Gasteiger partial charge < -0.3 is 43.4 Å². The van der Waals surface area contributed by atoms with Crippen molar-refractivity contribution in [1.82, 2.24) is 39.0 Å². The lowest BCUT2D eigenvalue weighted by molar-refractivity contribution is -0.0558. The summed E-state index contributed by atoms with van der Waals surface area (Å²) in [6.07, 6.45) is -10.7. The van der Waals surface area contributed by atoms with Gasteiger partial charge in [-0.3, -0.25) is 32.8 Å². The summed E-state index contributed by atoms with van der Waals surface area (Å²) in [6, 6.07) is 0. The lowest BCUT2D eigenvalue weighted by Gasteiger charge is -2.30. The standard InChI is InChI=1S/C21H22B2FN9O11P2/c1-6-28-15-10(17(35)29-6)27-5-33(15)20-12(34)14-8(42-20)3-40-45(22,37)43-13-7(2-39-46(23,38)44-14)41-19(9(13)24)32-4-26-11-16(32)30-21(25)31-18(11)36/h4-5,7-9,12-14,19-20,34H,2-3H2,1H3,(H,28,29,35)(H3,25,30,31,36)/t7-,8-,9?,12+,13+,14?,19-,20-,45?,46?/m1/s1. The largest absolute Gasteiger partial charge is 0.386 e. The van der Waals surface area contributed by atoms with Gasteiger partial charge in [-0.15, -0.1) is 0 Å². The summed E-state index contributed by atoms with van der Waals surface area (Å²) in [5.74, 6) is -0.0337. The van der Waals surface area contributed by atoms with Crippen LogP contribution >= 0.6 is 14.9 Å². The molecular formula is C21H22B2FN9O11P2. The van der Waals surface area contributed by atoms with Crippen molar-refractivity contribution in [2.24, 2.45) is 0 Å². The summed E-state index contributed by atoms with van der Waals surface area (Å²) in [7, 11) is 2.47. The Morgan fingerprint density at radius 2 is 1.43 bits per heavy atom. The van der Waals surface area contributed by atoms with Gasteiger partial charge in [-0.05, 0) is 6.92 Å². The number of alkyl halides is 1. The number of nitrogens with one attached hydrogen (secondary N) is 2. The molecule has 4 unspecified atom stereocenters. The first-order valence-electron chi connectivity index (χ1n) is 13.4. The molecule has 7 rings (SSSR count). The van der Waals surface area contributed by atoms with Gasteiger partial charge >= 0.3 is 0 Å². The van der Waals surface area contributed by atoms with Crippen molar-refractivity contribution >= 4 is 58.4 Å². The van der Waals surface area contributed by atoms with Crippen LogP contribution in [0.4, 0.5) is 10.3 Å². The molecule has 7 heterocycles. The van der Waals surface area contributed by atoms with Crippen molar-refractivity contribution in [3.05, 3.63) is 39.2 Å². The molecule has 3 aliphatic heterocycles. The fraction of sp³-hybridized carbons (Fsp3) is 0.524. The van der Waals surface area contributed by atoms with E-state index in [9.17, 15) is 23.8 Å². The Hall–Kier alpha value is -3.26. The van der Waals surface area contributed by atoms with Gasteiger partial charge in [0, 0.05) is 0 Å². The number of halogens is 1. The number of aromatic amines is 2. The average molecular weight is 679 g/mol. The number of aliphatic hydroxyl groups excluding tert-OH is 1. The van der Waals surface area contributed by atoms with E-state index in [-0.39, 0.29) is 34.1 Å². The first-order chi connectivity index (χ1) is 21.7. The predicted octanol–water partition coefficient (Wildman–Crippen LogP) is -0.992. The Kier molecular flexibility index (Phi) is 7.61. The van der Waals surface area contributed by atoms with E-state index < -0.39 is 88.4 Å². The topological polar surface area (TPSA) is 263 Å². The summed E-state index contributed by atoms with van der Waals surface area (Å²) in [5, 5.41) is 11.2. The first kappa shape index (κ1) is 31.3. The highest BCUT2D eigenvalue weighted by molar-refractivity contribution is 7.79. The summed E-state index contributed by atoms with van der Waals surface area (Å²) < 4.78 is 78.0. The zero-order valence-corrected chi connectivity index (χ0v) is 25.2. The molecule has 25 heteroatoms. The van der Waals surface area contributed by atoms with Crippen LogP contribution in [0, 0.1) is 6.92 Å². The van der Waals surface area contributed by atoms with E-state index in [1.165, 1.54) is 17.8 Å². The Morgan fingerprint density at radius 3 is 2.09 bits per heavy atom. The lowest BCUT2D eigenvalue weighted by atomic mass is 10.1. The van der Waals surface area contributed by atoms with Crippen LogP contribution in [0.3, 0.4) is 0 Å². The van der Waals surface area contributed by atoms with Gasteiger partial charge in [0.05, 0.1) is 25.9 Å². The molecule has 46 heavy (non-hydrogen) atoms. The second-order valence-corrected chi connectivity index (χ2v) is 13.7. The zero-order valence-electron chi connectivity index (χ0n) is 23.4. The maximum atomic E-state index is 16.0. The Labute approximate surface area is 257 Å². The molecule has 3 aliphatic rings. The number of hydrogen-bond donors (Lipinski definition) is 4. The Bertz CT molecular complexity index is 1920. The van der Waals surface area contributed by atoms with Crippen LogP contribution < -0.4 is 16.9 Å². The Balaban J connectivity index is 1.18. The van der Waals surface area contributed by atoms with Gasteiger partial charge in [0.2, 0.25) is 21.1 Å². The Morgan fingerprint density at radius 1 is 0.913 bits per heavy atom. The average Bonchev–Trinajstić information content (AvgIpc) is 3.72. The van der Waals surface area contributed by atoms with Crippen LogP contribution in [-0.4, -0.2) is 109 Å². The number of nitrogens with zero attached hydrogens (tertiary/aromatic N) is 6. The highest BCUT2D eigenvalue weighted by Gasteiger charge is 2.53. The third-order valence-corrected chi connectivity index (χ3v) is 9.59. The van der Waals surface area contributed by atoms with E-state index in [4.69, 9.17) is 48.4 Å². The van der Waals surface area contributed by atoms with E-state index in [1.807, 2.05) is 0 Å². The van der Waals surface area contributed by atoms with Crippen LogP contribution in [0.15, 0.2) is 22.2 Å². The number of fused-ring (bicyclic) bond motifs is 4. The summed E-state index contributed by atoms with van der Waals surface area (Å²) in [6.45, 7) is 0.0696. The number of rotatable bonds is 2. The van der Waals surface area contributed by atoms with Gasteiger partial charge in [0.15, 0.2) is 41.0 Å². The lowest BCUT2D eigenvalue weighted by Crippen LogP contribution is -2.38. The molecule has 3 saturated heterocycles. The molecule has 0 aliphatic carbocycles. The second kappa shape index (κ2) is 11.2. The van der Waals surface area contributed by atoms with Gasteiger partial charge in [-0.1, -0.05) is 0 Å². The molecule has 3 fully saturated rings. The first-order valence-corrected chi connectivity index (χ1v) is 16.7. The maximum absolute atomic E-state index is 16.0. The number of aryl methyl sites for hydroxylation is 1. The van der Waals surface area contributed by atoms with E-state index in [2.05, 4.69) is 29.9 Å². The van der Waals surface area contributed by atoms with E-state index in [0.717, 1.165) is 10.9 Å². The molecule has 0 bridgehead atoms. The van der Waals surface area contributed by atoms with E-state index in [0.29, 0.717) is 0 Å². The van der Waals surface area contributed by atoms with Gasteiger partial charge in [0.25, 0.3) is 26.1 Å². The second-order valence-electron chi connectivity index (χ2n) is 10.6. The van der Waals surface area contributed by atoms with Crippen molar-refractivity contribution < 1.29 is 46.2 Å². The molecule has 0 spiro atoms. The molecule has 4 radical (unpaired) electrons. The predicted molar refractivity (Wildman–Crippen MR) is 153 cm³/mol. The fourth-order valence-electron chi connectivity index (χ4n) is 5.50. The number of anilines is 1. The zero-order chi connectivity index (χ0) is 32.7. The SMILES string of the molecule is [B]P1(=O)OC[C@H]2O[C@@H](n3cnc4c(=O)[nH]c(N)nc43)C(F)[C@H]2OP([B])(=O)OC[C@H]2O[C@@H](n3cnc4c(=O)[nH]c(C)nc43)[C@@H](O)C2O1. The van der Waals surface area contributed by atoms with Gasteiger partial charge in [0.1, 0.15) is 36.3 Å². The van der Waals surface area contributed by atoms with Crippen LogP contribution in [-0.2, 0) is 36.7 Å². The molecule has 0 aromatic carbocycles. The minimum atomic E-state index is -4.63. The molecule has 4 aromatic heterocycles. The molecular weight excluding hydrogens is 657 g/mol. The third kappa shape index (κ3) is 5.44. The molecule has 0 saturated carbocycles. The smallest absolute Gasteiger partial charge is 0.280 e.